The number of rotatable bonds is 3. The standard InChI is InChI=1S/C10H11NO2/c11-9-5-1-3-8(7-9)4-2-6-10(12)13/h1-5,7H,6,11H2,(H,12,13). The highest BCUT2D eigenvalue weighted by Crippen LogP contribution is 2.08. The number of hydrogen-bond acceptors (Lipinski definition) is 2. The van der Waals surface area contributed by atoms with Crippen LogP contribution in [0.3, 0.4) is 0 Å². The fraction of sp³-hybridized carbons (Fsp3) is 0.100. The van der Waals surface area contributed by atoms with Crippen LogP contribution in [0.15, 0.2) is 30.3 Å². The molecule has 1 rings (SSSR count). The van der Waals surface area contributed by atoms with Crippen LogP contribution in [0.2, 0.25) is 0 Å². The summed E-state index contributed by atoms with van der Waals surface area (Å²) in [5.74, 6) is -0.833. The lowest BCUT2D eigenvalue weighted by Gasteiger charge is -1.94. The van der Waals surface area contributed by atoms with Crippen LogP contribution in [0.4, 0.5) is 5.69 Å². The van der Waals surface area contributed by atoms with Gasteiger partial charge < -0.3 is 10.8 Å². The average molecular weight is 177 g/mol. The van der Waals surface area contributed by atoms with Crippen molar-refractivity contribution in [1.29, 1.82) is 0 Å². The zero-order chi connectivity index (χ0) is 9.68. The van der Waals surface area contributed by atoms with E-state index in [1.54, 1.807) is 24.3 Å². The summed E-state index contributed by atoms with van der Waals surface area (Å²) < 4.78 is 0. The van der Waals surface area contributed by atoms with Crippen molar-refractivity contribution in [3.8, 4) is 0 Å². The van der Waals surface area contributed by atoms with Crippen LogP contribution in [0.25, 0.3) is 6.08 Å². The predicted octanol–water partition coefficient (Wildman–Crippen LogP) is 1.76. The monoisotopic (exact) mass is 177 g/mol. The lowest BCUT2D eigenvalue weighted by molar-refractivity contribution is -0.135. The van der Waals surface area contributed by atoms with Crippen molar-refractivity contribution in [2.45, 2.75) is 6.42 Å². The van der Waals surface area contributed by atoms with Crippen molar-refractivity contribution < 1.29 is 9.90 Å². The Balaban J connectivity index is 2.63. The van der Waals surface area contributed by atoms with Gasteiger partial charge in [-0.05, 0) is 17.7 Å². The van der Waals surface area contributed by atoms with E-state index in [9.17, 15) is 4.79 Å². The third kappa shape index (κ3) is 3.42. The maximum Gasteiger partial charge on any atom is 0.307 e. The lowest BCUT2D eigenvalue weighted by atomic mass is 10.2. The lowest BCUT2D eigenvalue weighted by Crippen LogP contribution is -1.89. The van der Waals surface area contributed by atoms with Crippen molar-refractivity contribution in [2.75, 3.05) is 5.73 Å². The molecule has 3 N–H and O–H groups in total. The maximum atomic E-state index is 10.2. The number of aliphatic carboxylic acids is 1. The molecule has 13 heavy (non-hydrogen) atoms. The summed E-state index contributed by atoms with van der Waals surface area (Å²) in [5, 5.41) is 8.37. The van der Waals surface area contributed by atoms with E-state index in [2.05, 4.69) is 0 Å². The van der Waals surface area contributed by atoms with Crippen LogP contribution in [0.1, 0.15) is 12.0 Å². The van der Waals surface area contributed by atoms with Crippen molar-refractivity contribution in [2.24, 2.45) is 0 Å². The van der Waals surface area contributed by atoms with Gasteiger partial charge >= 0.3 is 5.97 Å². The topological polar surface area (TPSA) is 63.3 Å². The number of benzene rings is 1. The molecular formula is C10H11NO2. The smallest absolute Gasteiger partial charge is 0.307 e. The molecule has 0 bridgehead atoms. The summed E-state index contributed by atoms with van der Waals surface area (Å²) in [5.41, 5.74) is 7.14. The van der Waals surface area contributed by atoms with Gasteiger partial charge in [0.15, 0.2) is 0 Å². The molecule has 0 heterocycles. The largest absolute Gasteiger partial charge is 0.481 e. The maximum absolute atomic E-state index is 10.2. The van der Waals surface area contributed by atoms with Crippen LogP contribution >= 0.6 is 0 Å². The minimum absolute atomic E-state index is 0.0365. The summed E-state index contributed by atoms with van der Waals surface area (Å²) in [4.78, 5) is 10.2. The zero-order valence-electron chi connectivity index (χ0n) is 7.10. The van der Waals surface area contributed by atoms with Gasteiger partial charge in [-0.3, -0.25) is 4.79 Å². The van der Waals surface area contributed by atoms with E-state index in [0.29, 0.717) is 5.69 Å². The third-order valence-corrected chi connectivity index (χ3v) is 1.51. The van der Waals surface area contributed by atoms with E-state index in [4.69, 9.17) is 10.8 Å². The van der Waals surface area contributed by atoms with Gasteiger partial charge in [-0.25, -0.2) is 0 Å². The molecule has 3 heteroatoms. The molecule has 68 valence electrons. The van der Waals surface area contributed by atoms with Gasteiger partial charge in [-0.15, -0.1) is 0 Å². The molecule has 0 fully saturated rings. The number of carbonyl (C=O) groups is 1. The van der Waals surface area contributed by atoms with Crippen LogP contribution < -0.4 is 5.73 Å². The normalized spacial score (nSPS) is 10.5. The van der Waals surface area contributed by atoms with Crippen LogP contribution in [0, 0.1) is 0 Å². The van der Waals surface area contributed by atoms with Crippen LogP contribution in [-0.2, 0) is 4.79 Å². The van der Waals surface area contributed by atoms with E-state index in [-0.39, 0.29) is 6.42 Å². The molecule has 0 saturated carbocycles. The molecule has 0 aromatic heterocycles. The Hall–Kier alpha value is -1.77. The number of carboxylic acid groups (broad SMARTS) is 1. The van der Waals surface area contributed by atoms with Gasteiger partial charge in [-0.2, -0.15) is 0 Å². The quantitative estimate of drug-likeness (QED) is 0.691. The number of hydrogen-bond donors (Lipinski definition) is 2. The van der Waals surface area contributed by atoms with Crippen molar-refractivity contribution in [3.63, 3.8) is 0 Å². The SMILES string of the molecule is Nc1cccc(C=CCC(=O)O)c1. The Labute approximate surface area is 76.5 Å². The van der Waals surface area contributed by atoms with E-state index >= 15 is 0 Å². The van der Waals surface area contributed by atoms with Gasteiger partial charge in [0.25, 0.3) is 0 Å². The molecule has 0 saturated heterocycles. The van der Waals surface area contributed by atoms with E-state index in [1.165, 1.54) is 0 Å². The minimum Gasteiger partial charge on any atom is -0.481 e. The number of nitrogen functional groups attached to an aromatic ring is 1. The molecule has 0 atom stereocenters. The average Bonchev–Trinajstić information content (AvgIpc) is 2.03. The second kappa shape index (κ2) is 4.30. The molecule has 0 aliphatic rings. The highest BCUT2D eigenvalue weighted by Gasteiger charge is 1.90. The van der Waals surface area contributed by atoms with Gasteiger partial charge in [0.1, 0.15) is 0 Å². The number of anilines is 1. The highest BCUT2D eigenvalue weighted by molar-refractivity contribution is 5.70. The van der Waals surface area contributed by atoms with Gasteiger partial charge in [0.2, 0.25) is 0 Å². The molecule has 0 aliphatic heterocycles. The predicted molar refractivity (Wildman–Crippen MR) is 52.1 cm³/mol. The second-order valence-corrected chi connectivity index (χ2v) is 2.67. The number of nitrogens with two attached hydrogens (primary N) is 1. The highest BCUT2D eigenvalue weighted by atomic mass is 16.4. The summed E-state index contributed by atoms with van der Waals surface area (Å²) in [6.07, 6.45) is 3.37. The Morgan fingerprint density at radius 1 is 1.54 bits per heavy atom. The fourth-order valence-corrected chi connectivity index (χ4v) is 0.959. The first-order valence-corrected chi connectivity index (χ1v) is 3.92. The second-order valence-electron chi connectivity index (χ2n) is 2.67. The van der Waals surface area contributed by atoms with Crippen molar-refractivity contribution >= 4 is 17.7 Å². The van der Waals surface area contributed by atoms with Crippen molar-refractivity contribution in [1.82, 2.24) is 0 Å². The molecule has 1 aromatic carbocycles. The first-order chi connectivity index (χ1) is 6.18. The minimum atomic E-state index is -0.833. The van der Waals surface area contributed by atoms with Crippen LogP contribution in [0.5, 0.6) is 0 Å². The first-order valence-electron chi connectivity index (χ1n) is 3.92. The molecule has 0 radical (unpaired) electrons. The Kier molecular flexibility index (Phi) is 3.09. The molecule has 0 unspecified atom stereocenters. The van der Waals surface area contributed by atoms with Gasteiger partial charge in [-0.1, -0.05) is 24.3 Å². The van der Waals surface area contributed by atoms with E-state index < -0.39 is 5.97 Å². The molecular weight excluding hydrogens is 166 g/mol. The summed E-state index contributed by atoms with van der Waals surface area (Å²) in [6.45, 7) is 0. The molecule has 0 aliphatic carbocycles. The first kappa shape index (κ1) is 9.32. The molecule has 0 spiro atoms. The Morgan fingerprint density at radius 3 is 2.92 bits per heavy atom. The Morgan fingerprint density at radius 2 is 2.31 bits per heavy atom. The zero-order valence-corrected chi connectivity index (χ0v) is 7.10. The molecule has 0 amide bonds. The van der Waals surface area contributed by atoms with Gasteiger partial charge in [0, 0.05) is 5.69 Å². The number of carboxylic acids is 1. The van der Waals surface area contributed by atoms with Crippen LogP contribution in [-0.4, -0.2) is 11.1 Å². The Bertz CT molecular complexity index is 331. The molecule has 3 nitrogen and oxygen atoms in total. The van der Waals surface area contributed by atoms with Crippen molar-refractivity contribution in [3.05, 3.63) is 35.9 Å². The summed E-state index contributed by atoms with van der Waals surface area (Å²) >= 11 is 0. The summed E-state index contributed by atoms with van der Waals surface area (Å²) in [7, 11) is 0. The van der Waals surface area contributed by atoms with E-state index in [1.807, 2.05) is 12.1 Å². The third-order valence-electron chi connectivity index (χ3n) is 1.51. The molecule has 1 aromatic rings. The van der Waals surface area contributed by atoms with E-state index in [0.717, 1.165) is 5.56 Å². The fourth-order valence-electron chi connectivity index (χ4n) is 0.959. The summed E-state index contributed by atoms with van der Waals surface area (Å²) in [6, 6.07) is 7.28. The van der Waals surface area contributed by atoms with Gasteiger partial charge in [0.05, 0.1) is 6.42 Å².